The summed E-state index contributed by atoms with van der Waals surface area (Å²) >= 11 is 0. The molecular weight excluding hydrogens is 436 g/mol. The quantitative estimate of drug-likeness (QED) is 0.283. The number of hydrogen-bond donors (Lipinski definition) is 5. The Morgan fingerprint density at radius 2 is 1.40 bits per heavy atom. The number of esters is 1. The number of benzene rings is 2. The number of nitrogens with one attached hydrogen (secondary N) is 2. The lowest BCUT2D eigenvalue weighted by molar-refractivity contribution is 0.0601. The largest absolute Gasteiger partial charge is 0.465 e. The zero-order valence-electron chi connectivity index (χ0n) is 16.5. The Bertz CT molecular complexity index is 1120. The smallest absolute Gasteiger partial charge is 0.339 e. The van der Waals surface area contributed by atoms with Gasteiger partial charge in [0.2, 0.25) is 20.0 Å². The molecule has 2 aromatic rings. The van der Waals surface area contributed by atoms with E-state index in [9.17, 15) is 21.6 Å². The van der Waals surface area contributed by atoms with Gasteiger partial charge in [0, 0.05) is 16.9 Å². The Hall–Kier alpha value is -2.71. The molecule has 0 aliphatic rings. The van der Waals surface area contributed by atoms with Crippen LogP contribution in [0.5, 0.6) is 0 Å². The number of aliphatic hydroxyl groups is 1. The van der Waals surface area contributed by atoms with Crippen LogP contribution in [-0.2, 0) is 31.4 Å². The molecule has 0 aromatic heterocycles. The molecule has 0 radical (unpaired) electrons. The van der Waals surface area contributed by atoms with Crippen LogP contribution < -0.4 is 20.9 Å². The summed E-state index contributed by atoms with van der Waals surface area (Å²) in [5.41, 5.74) is 12.0. The molecule has 0 atom stereocenters. The van der Waals surface area contributed by atoms with Gasteiger partial charge in [0.1, 0.15) is 0 Å². The topological polar surface area (TPSA) is 191 Å². The number of carbonyl (C=O) groups is 1. The van der Waals surface area contributed by atoms with Crippen LogP contribution in [0.1, 0.15) is 15.9 Å². The number of anilines is 2. The van der Waals surface area contributed by atoms with E-state index in [0.717, 1.165) is 0 Å². The highest BCUT2D eigenvalue weighted by Gasteiger charge is 2.17. The second kappa shape index (κ2) is 10.4. The first-order chi connectivity index (χ1) is 13.9. The second-order valence-electron chi connectivity index (χ2n) is 5.67. The van der Waals surface area contributed by atoms with E-state index >= 15 is 0 Å². The normalized spacial score (nSPS) is 11.3. The third-order valence-electron chi connectivity index (χ3n) is 3.87. The van der Waals surface area contributed by atoms with Gasteiger partial charge in [-0.1, -0.05) is 0 Å². The van der Waals surface area contributed by atoms with E-state index in [0.29, 0.717) is 11.3 Å². The van der Waals surface area contributed by atoms with Crippen LogP contribution in [-0.4, -0.2) is 49.1 Å². The fourth-order valence-electron chi connectivity index (χ4n) is 2.11. The third-order valence-corrected chi connectivity index (χ3v) is 6.70. The molecule has 7 N–H and O–H groups in total. The highest BCUT2D eigenvalue weighted by atomic mass is 32.2. The minimum absolute atomic E-state index is 0.0267. The van der Waals surface area contributed by atoms with Crippen LogP contribution >= 0.6 is 0 Å². The van der Waals surface area contributed by atoms with E-state index in [1.54, 1.807) is 0 Å². The van der Waals surface area contributed by atoms with Gasteiger partial charge < -0.3 is 21.3 Å². The van der Waals surface area contributed by atoms with Gasteiger partial charge in [0.15, 0.2) is 0 Å². The molecule has 2 rings (SSSR count). The van der Waals surface area contributed by atoms with E-state index in [1.165, 1.54) is 57.6 Å². The average molecular weight is 461 g/mol. The SMILES string of the molecule is CNS(=O)(=O)c1ccc(N)c(C(=O)OC)c1.CNS(=O)(=O)c1ccc(N)c(CO)c1. The predicted molar refractivity (Wildman–Crippen MR) is 111 cm³/mol. The fourth-order valence-corrected chi connectivity index (χ4v) is 3.65. The molecule has 0 unspecified atom stereocenters. The Morgan fingerprint density at radius 1 is 0.933 bits per heavy atom. The van der Waals surface area contributed by atoms with Crippen molar-refractivity contribution in [3.63, 3.8) is 0 Å². The lowest BCUT2D eigenvalue weighted by Crippen LogP contribution is -2.19. The van der Waals surface area contributed by atoms with Crippen molar-refractivity contribution in [2.45, 2.75) is 16.4 Å². The minimum atomic E-state index is -3.59. The first-order valence-corrected chi connectivity index (χ1v) is 11.2. The monoisotopic (exact) mass is 460 g/mol. The zero-order chi connectivity index (χ0) is 23.1. The maximum atomic E-state index is 11.5. The summed E-state index contributed by atoms with van der Waals surface area (Å²) in [5.74, 6) is -0.675. The molecule has 11 nitrogen and oxygen atoms in total. The van der Waals surface area contributed by atoms with Crippen molar-refractivity contribution < 1.29 is 31.5 Å². The average Bonchev–Trinajstić information content (AvgIpc) is 2.74. The number of carbonyl (C=O) groups excluding carboxylic acids is 1. The van der Waals surface area contributed by atoms with Crippen molar-refractivity contribution in [3.8, 4) is 0 Å². The van der Waals surface area contributed by atoms with Gasteiger partial charge in [-0.15, -0.1) is 0 Å². The Labute approximate surface area is 175 Å². The fraction of sp³-hybridized carbons (Fsp3) is 0.235. The maximum absolute atomic E-state index is 11.5. The molecule has 0 amide bonds. The summed E-state index contributed by atoms with van der Waals surface area (Å²) in [5, 5.41) is 8.89. The molecule has 0 aliphatic carbocycles. The molecule has 0 aliphatic heterocycles. The zero-order valence-corrected chi connectivity index (χ0v) is 18.2. The Kier molecular flexibility index (Phi) is 8.74. The van der Waals surface area contributed by atoms with E-state index in [2.05, 4.69) is 14.2 Å². The highest BCUT2D eigenvalue weighted by Crippen LogP contribution is 2.19. The maximum Gasteiger partial charge on any atom is 0.339 e. The molecule has 166 valence electrons. The number of aliphatic hydroxyl groups excluding tert-OH is 1. The van der Waals surface area contributed by atoms with Crippen molar-refractivity contribution in [1.82, 2.24) is 9.44 Å². The number of methoxy groups -OCH3 is 1. The van der Waals surface area contributed by atoms with Crippen molar-refractivity contribution in [2.75, 3.05) is 32.7 Å². The van der Waals surface area contributed by atoms with Crippen LogP contribution in [0.25, 0.3) is 0 Å². The van der Waals surface area contributed by atoms with Gasteiger partial charge in [-0.05, 0) is 50.5 Å². The molecule has 0 spiro atoms. The molecule has 30 heavy (non-hydrogen) atoms. The summed E-state index contributed by atoms with van der Waals surface area (Å²) in [6.07, 6.45) is 0. The Morgan fingerprint density at radius 3 is 1.83 bits per heavy atom. The van der Waals surface area contributed by atoms with E-state index < -0.39 is 26.0 Å². The van der Waals surface area contributed by atoms with Crippen molar-refractivity contribution in [2.24, 2.45) is 0 Å². The van der Waals surface area contributed by atoms with Gasteiger partial charge in [0.25, 0.3) is 0 Å². The van der Waals surface area contributed by atoms with Crippen molar-refractivity contribution in [3.05, 3.63) is 47.5 Å². The number of rotatable bonds is 6. The molecule has 13 heteroatoms. The molecule has 0 fully saturated rings. The van der Waals surface area contributed by atoms with Gasteiger partial charge in [-0.3, -0.25) is 0 Å². The molecule has 0 saturated carbocycles. The summed E-state index contributed by atoms with van der Waals surface area (Å²) in [6.45, 7) is -0.279. The van der Waals surface area contributed by atoms with Gasteiger partial charge in [-0.2, -0.15) is 0 Å². The molecule has 0 bridgehead atoms. The van der Waals surface area contributed by atoms with Gasteiger partial charge in [-0.25, -0.2) is 31.1 Å². The van der Waals surface area contributed by atoms with Crippen molar-refractivity contribution in [1.29, 1.82) is 0 Å². The van der Waals surface area contributed by atoms with Crippen LogP contribution in [0.2, 0.25) is 0 Å². The van der Waals surface area contributed by atoms with Crippen LogP contribution in [0.15, 0.2) is 46.2 Å². The lowest BCUT2D eigenvalue weighted by atomic mass is 10.2. The van der Waals surface area contributed by atoms with Crippen LogP contribution in [0.3, 0.4) is 0 Å². The van der Waals surface area contributed by atoms with Crippen LogP contribution in [0, 0.1) is 0 Å². The van der Waals surface area contributed by atoms with Crippen molar-refractivity contribution >= 4 is 37.4 Å². The standard InChI is InChI=1S/C9H12N2O4S.C8H12N2O3S/c1-11-16(13,14)6-3-4-8(10)7(5-6)9(12)15-2;1-10-14(12,13)7-2-3-8(9)6(4-7)5-11/h3-5,11H,10H2,1-2H3;2-4,10-11H,5,9H2,1H3. The lowest BCUT2D eigenvalue weighted by Gasteiger charge is -2.07. The van der Waals surface area contributed by atoms with E-state index in [1.807, 2.05) is 0 Å². The minimum Gasteiger partial charge on any atom is -0.465 e. The van der Waals surface area contributed by atoms with E-state index in [4.69, 9.17) is 16.6 Å². The van der Waals surface area contributed by atoms with E-state index in [-0.39, 0.29) is 27.6 Å². The van der Waals surface area contributed by atoms with Gasteiger partial charge >= 0.3 is 5.97 Å². The first-order valence-electron chi connectivity index (χ1n) is 8.27. The number of sulfonamides is 2. The summed E-state index contributed by atoms with van der Waals surface area (Å²) < 4.78 is 54.4. The number of ether oxygens (including phenoxy) is 1. The second-order valence-corrected chi connectivity index (χ2v) is 9.45. The summed E-state index contributed by atoms with van der Waals surface area (Å²) in [4.78, 5) is 11.3. The molecular formula is C17H24N4O7S2. The predicted octanol–water partition coefficient (Wildman–Crippen LogP) is -0.367. The first kappa shape index (κ1) is 25.3. The Balaban J connectivity index is 0.000000303. The third kappa shape index (κ3) is 6.14. The number of hydrogen-bond acceptors (Lipinski definition) is 9. The van der Waals surface area contributed by atoms with Crippen LogP contribution in [0.4, 0.5) is 11.4 Å². The van der Waals surface area contributed by atoms with Gasteiger partial charge in [0.05, 0.1) is 29.1 Å². The number of nitrogen functional groups attached to an aromatic ring is 2. The molecule has 0 heterocycles. The molecule has 0 saturated heterocycles. The summed E-state index contributed by atoms with van der Waals surface area (Å²) in [7, 11) is -3.26. The number of nitrogens with two attached hydrogens (primary N) is 2. The highest BCUT2D eigenvalue weighted by molar-refractivity contribution is 7.89. The molecule has 2 aromatic carbocycles. The summed E-state index contributed by atoms with van der Waals surface area (Å²) in [6, 6.07) is 8.02.